The first kappa shape index (κ1) is 17.4. The van der Waals surface area contributed by atoms with E-state index in [1.807, 2.05) is 6.92 Å². The number of halogens is 3. The maximum absolute atomic E-state index is 13.1. The SMILES string of the molecule is CCCC1C(C=O)CCCN1C(=O)c1cnccc1C(F)(F)F. The highest BCUT2D eigenvalue weighted by molar-refractivity contribution is 5.96. The second-order valence-electron chi connectivity index (χ2n) is 5.72. The van der Waals surface area contributed by atoms with E-state index in [4.69, 9.17) is 0 Å². The van der Waals surface area contributed by atoms with E-state index in [0.29, 0.717) is 25.8 Å². The molecule has 0 aliphatic carbocycles. The Morgan fingerprint density at radius 1 is 1.48 bits per heavy atom. The van der Waals surface area contributed by atoms with E-state index in [1.54, 1.807) is 0 Å². The van der Waals surface area contributed by atoms with Gasteiger partial charge in [-0.15, -0.1) is 0 Å². The zero-order chi connectivity index (χ0) is 17.0. The lowest BCUT2D eigenvalue weighted by molar-refractivity contribution is -0.138. The largest absolute Gasteiger partial charge is 0.417 e. The summed E-state index contributed by atoms with van der Waals surface area (Å²) in [5.41, 5.74) is -1.44. The van der Waals surface area contributed by atoms with Crippen LogP contribution in [0.3, 0.4) is 0 Å². The number of likely N-dealkylation sites (tertiary alicyclic amines) is 1. The first-order chi connectivity index (χ1) is 10.9. The summed E-state index contributed by atoms with van der Waals surface area (Å²) in [6.45, 7) is 2.28. The van der Waals surface area contributed by atoms with Crippen LogP contribution in [0.2, 0.25) is 0 Å². The molecule has 4 nitrogen and oxygen atoms in total. The molecule has 1 aliphatic heterocycles. The van der Waals surface area contributed by atoms with Gasteiger partial charge in [0.15, 0.2) is 0 Å². The van der Waals surface area contributed by atoms with Crippen LogP contribution in [0.4, 0.5) is 13.2 Å². The van der Waals surface area contributed by atoms with Gasteiger partial charge in [-0.25, -0.2) is 0 Å². The molecule has 1 aromatic heterocycles. The molecule has 7 heteroatoms. The van der Waals surface area contributed by atoms with Crippen LogP contribution in [-0.4, -0.2) is 34.7 Å². The minimum atomic E-state index is -4.62. The summed E-state index contributed by atoms with van der Waals surface area (Å²) in [7, 11) is 0. The van der Waals surface area contributed by atoms with Gasteiger partial charge >= 0.3 is 6.18 Å². The quantitative estimate of drug-likeness (QED) is 0.797. The summed E-state index contributed by atoms with van der Waals surface area (Å²) in [6.07, 6.45) is 0.788. The molecule has 0 saturated carbocycles. The van der Waals surface area contributed by atoms with Crippen molar-refractivity contribution in [2.45, 2.75) is 44.8 Å². The van der Waals surface area contributed by atoms with Crippen LogP contribution in [0.5, 0.6) is 0 Å². The van der Waals surface area contributed by atoms with E-state index in [9.17, 15) is 22.8 Å². The molecule has 0 bridgehead atoms. The summed E-state index contributed by atoms with van der Waals surface area (Å²) < 4.78 is 39.3. The van der Waals surface area contributed by atoms with Gasteiger partial charge in [0.05, 0.1) is 11.1 Å². The number of aldehydes is 1. The van der Waals surface area contributed by atoms with Crippen LogP contribution >= 0.6 is 0 Å². The number of carbonyl (C=O) groups is 2. The molecule has 2 heterocycles. The monoisotopic (exact) mass is 328 g/mol. The molecule has 1 amide bonds. The maximum Gasteiger partial charge on any atom is 0.417 e. The van der Waals surface area contributed by atoms with Crippen molar-refractivity contribution in [1.82, 2.24) is 9.88 Å². The fourth-order valence-corrected chi connectivity index (χ4v) is 3.13. The Morgan fingerprint density at radius 2 is 2.22 bits per heavy atom. The first-order valence-corrected chi connectivity index (χ1v) is 7.67. The number of pyridine rings is 1. The lowest BCUT2D eigenvalue weighted by Gasteiger charge is -2.39. The molecule has 23 heavy (non-hydrogen) atoms. The van der Waals surface area contributed by atoms with Gasteiger partial charge in [0, 0.05) is 30.9 Å². The van der Waals surface area contributed by atoms with Crippen LogP contribution in [-0.2, 0) is 11.0 Å². The predicted octanol–water partition coefficient (Wildman–Crippen LogP) is 3.32. The molecule has 0 radical (unpaired) electrons. The van der Waals surface area contributed by atoms with E-state index in [2.05, 4.69) is 4.98 Å². The predicted molar refractivity (Wildman–Crippen MR) is 77.8 cm³/mol. The van der Waals surface area contributed by atoms with Crippen LogP contribution in [0, 0.1) is 5.92 Å². The van der Waals surface area contributed by atoms with Gasteiger partial charge in [-0.3, -0.25) is 9.78 Å². The van der Waals surface area contributed by atoms with Crippen molar-refractivity contribution >= 4 is 12.2 Å². The molecule has 0 aromatic carbocycles. The Kier molecular flexibility index (Phi) is 5.38. The van der Waals surface area contributed by atoms with E-state index < -0.39 is 23.2 Å². The number of hydrogen-bond acceptors (Lipinski definition) is 3. The standard InChI is InChI=1S/C16H19F3N2O2/c1-2-4-14-11(10-22)5-3-8-21(14)15(23)12-9-20-7-6-13(12)16(17,18)19/h6-7,9-11,14H,2-5,8H2,1H3. The van der Waals surface area contributed by atoms with Crippen LogP contribution in [0.1, 0.15) is 48.5 Å². The number of amides is 1. The van der Waals surface area contributed by atoms with E-state index in [1.165, 1.54) is 4.90 Å². The zero-order valence-electron chi connectivity index (χ0n) is 12.8. The summed E-state index contributed by atoms with van der Waals surface area (Å²) in [4.78, 5) is 29.0. The van der Waals surface area contributed by atoms with Gasteiger partial charge < -0.3 is 9.69 Å². The van der Waals surface area contributed by atoms with Crippen molar-refractivity contribution < 1.29 is 22.8 Å². The lowest BCUT2D eigenvalue weighted by Crippen LogP contribution is -2.49. The van der Waals surface area contributed by atoms with Gasteiger partial charge in [0.2, 0.25) is 0 Å². The molecule has 126 valence electrons. The summed E-state index contributed by atoms with van der Waals surface area (Å²) in [5, 5.41) is 0. The van der Waals surface area contributed by atoms with Crippen molar-refractivity contribution in [1.29, 1.82) is 0 Å². The fourth-order valence-electron chi connectivity index (χ4n) is 3.13. The molecule has 2 atom stereocenters. The Bertz CT molecular complexity index is 575. The Morgan fingerprint density at radius 3 is 2.83 bits per heavy atom. The second kappa shape index (κ2) is 7.10. The van der Waals surface area contributed by atoms with E-state index in [-0.39, 0.29) is 12.0 Å². The highest BCUT2D eigenvalue weighted by Crippen LogP contribution is 2.34. The normalized spacial score (nSPS) is 22.0. The molecule has 0 spiro atoms. The van der Waals surface area contributed by atoms with Gasteiger partial charge in [0.1, 0.15) is 6.29 Å². The number of carbonyl (C=O) groups excluding carboxylic acids is 2. The molecule has 1 aromatic rings. The summed E-state index contributed by atoms with van der Waals surface area (Å²) in [6, 6.07) is 0.462. The van der Waals surface area contributed by atoms with Gasteiger partial charge in [0.25, 0.3) is 5.91 Å². The van der Waals surface area contributed by atoms with Crippen molar-refractivity contribution in [2.75, 3.05) is 6.54 Å². The van der Waals surface area contributed by atoms with Crippen molar-refractivity contribution in [3.63, 3.8) is 0 Å². The van der Waals surface area contributed by atoms with Crippen molar-refractivity contribution in [3.8, 4) is 0 Å². The molecule has 0 N–H and O–H groups in total. The number of piperidine rings is 1. The number of nitrogens with zero attached hydrogens (tertiary/aromatic N) is 2. The molecular formula is C16H19F3N2O2. The molecular weight excluding hydrogens is 309 g/mol. The van der Waals surface area contributed by atoms with Crippen molar-refractivity contribution in [2.24, 2.45) is 5.92 Å². The van der Waals surface area contributed by atoms with Crippen LogP contribution in [0.15, 0.2) is 18.5 Å². The maximum atomic E-state index is 13.1. The number of alkyl halides is 3. The average molecular weight is 328 g/mol. The molecule has 2 unspecified atom stereocenters. The highest BCUT2D eigenvalue weighted by Gasteiger charge is 2.39. The van der Waals surface area contributed by atoms with Gasteiger partial charge in [-0.05, 0) is 25.3 Å². The van der Waals surface area contributed by atoms with Crippen LogP contribution in [0.25, 0.3) is 0 Å². The average Bonchev–Trinajstić information content (AvgIpc) is 2.54. The van der Waals surface area contributed by atoms with E-state index in [0.717, 1.165) is 31.2 Å². The third-order valence-corrected chi connectivity index (χ3v) is 4.21. The Labute approximate surface area is 132 Å². The van der Waals surface area contributed by atoms with Crippen molar-refractivity contribution in [3.05, 3.63) is 29.6 Å². The highest BCUT2D eigenvalue weighted by atomic mass is 19.4. The van der Waals surface area contributed by atoms with Crippen LogP contribution < -0.4 is 0 Å². The molecule has 1 saturated heterocycles. The minimum absolute atomic E-state index is 0.321. The summed E-state index contributed by atoms with van der Waals surface area (Å²) in [5.74, 6) is -1.02. The molecule has 1 fully saturated rings. The third kappa shape index (κ3) is 3.71. The Hall–Kier alpha value is -1.92. The second-order valence-corrected chi connectivity index (χ2v) is 5.72. The summed E-state index contributed by atoms with van der Waals surface area (Å²) >= 11 is 0. The smallest absolute Gasteiger partial charge is 0.335 e. The van der Waals surface area contributed by atoms with Gasteiger partial charge in [-0.2, -0.15) is 13.2 Å². The van der Waals surface area contributed by atoms with E-state index >= 15 is 0 Å². The number of aromatic nitrogens is 1. The minimum Gasteiger partial charge on any atom is -0.335 e. The lowest BCUT2D eigenvalue weighted by atomic mass is 9.87. The Balaban J connectivity index is 2.37. The fraction of sp³-hybridized carbons (Fsp3) is 0.562. The molecule has 1 aliphatic rings. The zero-order valence-corrected chi connectivity index (χ0v) is 12.8. The number of hydrogen-bond donors (Lipinski definition) is 0. The molecule has 2 rings (SSSR count). The van der Waals surface area contributed by atoms with Gasteiger partial charge in [-0.1, -0.05) is 13.3 Å². The third-order valence-electron chi connectivity index (χ3n) is 4.21. The first-order valence-electron chi connectivity index (χ1n) is 7.67. The number of rotatable bonds is 4. The topological polar surface area (TPSA) is 50.3 Å².